The van der Waals surface area contributed by atoms with E-state index in [2.05, 4.69) is 26.2 Å². The Morgan fingerprint density at radius 1 is 1.40 bits per heavy atom. The van der Waals surface area contributed by atoms with Crippen LogP contribution in [0.4, 0.5) is 4.39 Å². The first-order valence-corrected chi connectivity index (χ1v) is 7.55. The molecule has 0 amide bonds. The molecule has 106 valence electrons. The second kappa shape index (κ2) is 7.16. The maximum absolute atomic E-state index is 14.2. The number of hydrogen-bond acceptors (Lipinski definition) is 2. The Hall–Kier alpha value is -0.970. The maximum Gasteiger partial charge on any atom is 0.146 e. The molecule has 20 heavy (non-hydrogen) atoms. The molecule has 1 N–H and O–H groups in total. The van der Waals surface area contributed by atoms with E-state index in [1.54, 1.807) is 30.6 Å². The van der Waals surface area contributed by atoms with E-state index >= 15 is 0 Å². The maximum atomic E-state index is 14.2. The van der Waals surface area contributed by atoms with Gasteiger partial charge in [0.2, 0.25) is 0 Å². The number of pyridine rings is 1. The Bertz CT molecular complexity index is 592. The van der Waals surface area contributed by atoms with Crippen molar-refractivity contribution >= 4 is 27.5 Å². The van der Waals surface area contributed by atoms with Crippen LogP contribution in [0.25, 0.3) is 0 Å². The lowest BCUT2D eigenvalue weighted by molar-refractivity contribution is 0.509. The van der Waals surface area contributed by atoms with Gasteiger partial charge in [-0.25, -0.2) is 4.39 Å². The molecule has 5 heteroatoms. The fraction of sp³-hybridized carbons (Fsp3) is 0.267. The van der Waals surface area contributed by atoms with Crippen LogP contribution in [0, 0.1) is 5.82 Å². The summed E-state index contributed by atoms with van der Waals surface area (Å²) in [6, 6.07) is 6.95. The van der Waals surface area contributed by atoms with Crippen LogP contribution in [0.15, 0.2) is 41.1 Å². The highest BCUT2D eigenvalue weighted by atomic mass is 79.9. The first kappa shape index (κ1) is 15.4. The number of likely N-dealkylation sites (N-methyl/N-ethyl adjacent to an activating group) is 1. The Morgan fingerprint density at radius 2 is 2.20 bits per heavy atom. The average molecular weight is 358 g/mol. The normalized spacial score (nSPS) is 12.4. The molecule has 1 aromatic heterocycles. The summed E-state index contributed by atoms with van der Waals surface area (Å²) in [7, 11) is 0. The molecule has 0 saturated carbocycles. The van der Waals surface area contributed by atoms with Gasteiger partial charge >= 0.3 is 0 Å². The number of halogens is 3. The molecule has 2 rings (SSSR count). The summed E-state index contributed by atoms with van der Waals surface area (Å²) < 4.78 is 15.1. The lowest BCUT2D eigenvalue weighted by Gasteiger charge is -2.19. The molecule has 0 bridgehead atoms. The number of rotatable bonds is 5. The molecule has 0 aliphatic rings. The number of nitrogens with one attached hydrogen (secondary N) is 1. The predicted octanol–water partition coefficient (Wildman–Crippen LogP) is 4.53. The molecule has 1 aromatic carbocycles. The SMILES string of the molecule is CCNC(Cc1cncc(Br)c1)c1cccc(Cl)c1F. The van der Waals surface area contributed by atoms with Gasteiger partial charge in [-0.15, -0.1) is 0 Å². The van der Waals surface area contributed by atoms with Gasteiger partial charge in [0.25, 0.3) is 0 Å². The molecule has 1 unspecified atom stereocenters. The van der Waals surface area contributed by atoms with Gasteiger partial charge in [-0.05, 0) is 46.6 Å². The van der Waals surface area contributed by atoms with Gasteiger partial charge in [0, 0.05) is 28.5 Å². The summed E-state index contributed by atoms with van der Waals surface area (Å²) in [5.74, 6) is -0.358. The van der Waals surface area contributed by atoms with E-state index in [1.807, 2.05) is 13.0 Å². The number of hydrogen-bond donors (Lipinski definition) is 1. The summed E-state index contributed by atoms with van der Waals surface area (Å²) in [6.45, 7) is 2.74. The fourth-order valence-corrected chi connectivity index (χ4v) is 2.73. The topological polar surface area (TPSA) is 24.9 Å². The van der Waals surface area contributed by atoms with Gasteiger partial charge in [0.15, 0.2) is 0 Å². The van der Waals surface area contributed by atoms with Crippen molar-refractivity contribution in [3.63, 3.8) is 0 Å². The lowest BCUT2D eigenvalue weighted by atomic mass is 9.99. The third-order valence-corrected chi connectivity index (χ3v) is 3.73. The van der Waals surface area contributed by atoms with Gasteiger partial charge in [0.1, 0.15) is 5.82 Å². The number of aromatic nitrogens is 1. The number of nitrogens with zero attached hydrogens (tertiary/aromatic N) is 1. The Balaban J connectivity index is 2.29. The molecule has 0 fully saturated rings. The minimum Gasteiger partial charge on any atom is -0.310 e. The summed E-state index contributed by atoms with van der Waals surface area (Å²) in [4.78, 5) is 4.14. The van der Waals surface area contributed by atoms with Crippen molar-refractivity contribution in [2.75, 3.05) is 6.54 Å². The minimum absolute atomic E-state index is 0.130. The van der Waals surface area contributed by atoms with Crippen LogP contribution >= 0.6 is 27.5 Å². The third-order valence-electron chi connectivity index (χ3n) is 3.01. The van der Waals surface area contributed by atoms with Crippen molar-refractivity contribution in [3.05, 3.63) is 63.1 Å². The van der Waals surface area contributed by atoms with Gasteiger partial charge in [-0.3, -0.25) is 4.98 Å². The van der Waals surface area contributed by atoms with Crippen molar-refractivity contribution in [1.82, 2.24) is 10.3 Å². The van der Waals surface area contributed by atoms with Crippen LogP contribution < -0.4 is 5.32 Å². The van der Waals surface area contributed by atoms with Gasteiger partial charge in [-0.1, -0.05) is 30.7 Å². The monoisotopic (exact) mass is 356 g/mol. The second-order valence-electron chi connectivity index (χ2n) is 4.47. The van der Waals surface area contributed by atoms with Crippen molar-refractivity contribution < 1.29 is 4.39 Å². The highest BCUT2D eigenvalue weighted by Crippen LogP contribution is 2.26. The van der Waals surface area contributed by atoms with E-state index in [0.717, 1.165) is 16.6 Å². The Morgan fingerprint density at radius 3 is 2.90 bits per heavy atom. The van der Waals surface area contributed by atoms with E-state index in [9.17, 15) is 4.39 Å². The molecule has 0 aliphatic carbocycles. The zero-order valence-electron chi connectivity index (χ0n) is 11.0. The molecule has 0 saturated heterocycles. The van der Waals surface area contributed by atoms with E-state index in [1.165, 1.54) is 0 Å². The summed E-state index contributed by atoms with van der Waals surface area (Å²) in [6.07, 6.45) is 4.17. The first-order chi connectivity index (χ1) is 9.61. The van der Waals surface area contributed by atoms with Crippen molar-refractivity contribution in [2.45, 2.75) is 19.4 Å². The molecule has 1 heterocycles. The van der Waals surface area contributed by atoms with Crippen LogP contribution in [0.1, 0.15) is 24.1 Å². The lowest BCUT2D eigenvalue weighted by Crippen LogP contribution is -2.24. The largest absolute Gasteiger partial charge is 0.310 e. The predicted molar refractivity (Wildman–Crippen MR) is 83.5 cm³/mol. The van der Waals surface area contributed by atoms with Crippen molar-refractivity contribution in [1.29, 1.82) is 0 Å². The summed E-state index contributed by atoms with van der Waals surface area (Å²) in [5, 5.41) is 3.44. The fourth-order valence-electron chi connectivity index (χ4n) is 2.13. The van der Waals surface area contributed by atoms with E-state index in [4.69, 9.17) is 11.6 Å². The molecular formula is C15H15BrClFN2. The third kappa shape index (κ3) is 3.78. The second-order valence-corrected chi connectivity index (χ2v) is 5.79. The highest BCUT2D eigenvalue weighted by molar-refractivity contribution is 9.10. The quantitative estimate of drug-likeness (QED) is 0.850. The summed E-state index contributed by atoms with van der Waals surface area (Å²) >= 11 is 9.26. The van der Waals surface area contributed by atoms with Crippen molar-refractivity contribution in [3.8, 4) is 0 Å². The number of benzene rings is 1. The first-order valence-electron chi connectivity index (χ1n) is 6.38. The van der Waals surface area contributed by atoms with E-state index in [-0.39, 0.29) is 16.9 Å². The highest BCUT2D eigenvalue weighted by Gasteiger charge is 2.17. The van der Waals surface area contributed by atoms with Crippen LogP contribution in [-0.2, 0) is 6.42 Å². The molecule has 0 aliphatic heterocycles. The van der Waals surface area contributed by atoms with Crippen LogP contribution in [0.5, 0.6) is 0 Å². The smallest absolute Gasteiger partial charge is 0.146 e. The summed E-state index contributed by atoms with van der Waals surface area (Å²) in [5.41, 5.74) is 1.61. The van der Waals surface area contributed by atoms with Gasteiger partial charge in [0.05, 0.1) is 5.02 Å². The zero-order valence-corrected chi connectivity index (χ0v) is 13.4. The van der Waals surface area contributed by atoms with Crippen LogP contribution in [0.3, 0.4) is 0 Å². The van der Waals surface area contributed by atoms with Crippen molar-refractivity contribution in [2.24, 2.45) is 0 Å². The average Bonchev–Trinajstić information content (AvgIpc) is 2.42. The molecule has 2 nitrogen and oxygen atoms in total. The van der Waals surface area contributed by atoms with Gasteiger partial charge in [-0.2, -0.15) is 0 Å². The molecular weight excluding hydrogens is 343 g/mol. The Kier molecular flexibility index (Phi) is 5.52. The Labute approximate surface area is 131 Å². The van der Waals surface area contributed by atoms with E-state index < -0.39 is 0 Å². The molecule has 0 spiro atoms. The standard InChI is InChI=1S/C15H15BrClFN2/c1-2-20-14(7-10-6-11(16)9-19-8-10)12-4-3-5-13(17)15(12)18/h3-6,8-9,14,20H,2,7H2,1H3. The molecule has 1 atom stereocenters. The van der Waals surface area contributed by atoms with Crippen LogP contribution in [0.2, 0.25) is 5.02 Å². The molecule has 2 aromatic rings. The van der Waals surface area contributed by atoms with Crippen LogP contribution in [-0.4, -0.2) is 11.5 Å². The molecule has 0 radical (unpaired) electrons. The van der Waals surface area contributed by atoms with E-state index in [0.29, 0.717) is 12.0 Å². The zero-order chi connectivity index (χ0) is 14.5. The van der Waals surface area contributed by atoms with Gasteiger partial charge < -0.3 is 5.32 Å². The minimum atomic E-state index is -0.358.